The van der Waals surface area contributed by atoms with E-state index in [9.17, 15) is 9.59 Å². The Labute approximate surface area is 167 Å². The van der Waals surface area contributed by atoms with Crippen LogP contribution >= 0.6 is 23.6 Å². The van der Waals surface area contributed by atoms with E-state index in [0.717, 1.165) is 36.9 Å². The molecule has 8 heteroatoms. The summed E-state index contributed by atoms with van der Waals surface area (Å²) in [6.45, 7) is 0. The smallest absolute Gasteiger partial charge is 0.309 e. The number of benzene rings is 1. The summed E-state index contributed by atoms with van der Waals surface area (Å²) in [6, 6.07) is 7.53. The lowest BCUT2D eigenvalue weighted by Gasteiger charge is -2.22. The van der Waals surface area contributed by atoms with Crippen LogP contribution in [-0.4, -0.2) is 29.6 Å². The van der Waals surface area contributed by atoms with Gasteiger partial charge < -0.3 is 15.8 Å². The maximum absolute atomic E-state index is 12.6. The quantitative estimate of drug-likeness (QED) is 0.586. The second kappa shape index (κ2) is 8.67. The van der Waals surface area contributed by atoms with E-state index < -0.39 is 0 Å². The van der Waals surface area contributed by atoms with Crippen molar-refractivity contribution >= 4 is 41.2 Å². The lowest BCUT2D eigenvalue weighted by molar-refractivity contribution is -0.139. The number of nitrogens with one attached hydrogen (secondary N) is 1. The molecule has 0 bridgehead atoms. The Morgan fingerprint density at radius 3 is 2.56 bits per heavy atom. The fourth-order valence-electron chi connectivity index (χ4n) is 3.29. The van der Waals surface area contributed by atoms with Gasteiger partial charge in [-0.15, -0.1) is 0 Å². The first-order valence-corrected chi connectivity index (χ1v) is 10.2. The second-order valence-corrected chi connectivity index (χ2v) is 8.29. The van der Waals surface area contributed by atoms with Gasteiger partial charge in [0.05, 0.1) is 13.5 Å². The minimum Gasteiger partial charge on any atom is -0.469 e. The predicted octanol–water partition coefficient (Wildman–Crippen LogP) is 3.63. The SMILES string of the molecule is COC(=O)Cc1ccc(-n2c(N)c(C(=O)NC3CCCCC3)sc2=S)cc1. The first-order chi connectivity index (χ1) is 13.0. The highest BCUT2D eigenvalue weighted by atomic mass is 32.1. The number of methoxy groups -OCH3 is 1. The van der Waals surface area contributed by atoms with E-state index in [0.29, 0.717) is 14.6 Å². The Kier molecular flexibility index (Phi) is 6.28. The third kappa shape index (κ3) is 4.56. The average molecular weight is 406 g/mol. The number of rotatable bonds is 5. The van der Waals surface area contributed by atoms with E-state index in [1.807, 2.05) is 24.3 Å². The number of anilines is 1. The summed E-state index contributed by atoms with van der Waals surface area (Å²) in [5.41, 5.74) is 7.85. The van der Waals surface area contributed by atoms with Gasteiger partial charge >= 0.3 is 5.97 Å². The summed E-state index contributed by atoms with van der Waals surface area (Å²) in [5.74, 6) is -0.105. The van der Waals surface area contributed by atoms with Gasteiger partial charge in [-0.2, -0.15) is 0 Å². The van der Waals surface area contributed by atoms with Crippen molar-refractivity contribution in [3.63, 3.8) is 0 Å². The number of ether oxygens (including phenoxy) is 1. The zero-order valence-electron chi connectivity index (χ0n) is 15.2. The van der Waals surface area contributed by atoms with Crippen LogP contribution in [0.3, 0.4) is 0 Å². The molecule has 2 aromatic rings. The van der Waals surface area contributed by atoms with Gasteiger partial charge in [-0.1, -0.05) is 42.7 Å². The molecule has 6 nitrogen and oxygen atoms in total. The number of nitrogens with zero attached hydrogens (tertiary/aromatic N) is 1. The van der Waals surface area contributed by atoms with Gasteiger partial charge in [0.25, 0.3) is 5.91 Å². The van der Waals surface area contributed by atoms with Gasteiger partial charge in [0.15, 0.2) is 3.95 Å². The Hall–Kier alpha value is -2.19. The summed E-state index contributed by atoms with van der Waals surface area (Å²) in [4.78, 5) is 24.5. The Bertz CT molecular complexity index is 881. The van der Waals surface area contributed by atoms with Gasteiger partial charge in [-0.05, 0) is 42.8 Å². The third-order valence-corrected chi connectivity index (χ3v) is 6.15. The van der Waals surface area contributed by atoms with Gasteiger partial charge in [-0.25, -0.2) is 0 Å². The molecule has 0 unspecified atom stereocenters. The largest absolute Gasteiger partial charge is 0.469 e. The normalized spacial score (nSPS) is 14.7. The molecule has 0 aliphatic heterocycles. The van der Waals surface area contributed by atoms with E-state index in [4.69, 9.17) is 18.0 Å². The Morgan fingerprint density at radius 1 is 1.26 bits per heavy atom. The van der Waals surface area contributed by atoms with Crippen molar-refractivity contribution in [3.8, 4) is 5.69 Å². The highest BCUT2D eigenvalue weighted by Crippen LogP contribution is 2.27. The summed E-state index contributed by atoms with van der Waals surface area (Å²) in [6.07, 6.45) is 5.76. The van der Waals surface area contributed by atoms with Crippen LogP contribution in [0.4, 0.5) is 5.82 Å². The molecule has 1 amide bonds. The first-order valence-electron chi connectivity index (χ1n) is 8.98. The first kappa shape index (κ1) is 19.6. The number of thiazole rings is 1. The van der Waals surface area contributed by atoms with E-state index in [1.54, 1.807) is 4.57 Å². The second-order valence-electron chi connectivity index (χ2n) is 6.65. The minimum absolute atomic E-state index is 0.156. The molecule has 1 fully saturated rings. The van der Waals surface area contributed by atoms with Crippen molar-refractivity contribution in [1.82, 2.24) is 9.88 Å². The standard InChI is InChI=1S/C19H23N3O3S2/c1-25-15(23)11-12-7-9-14(10-8-12)22-17(20)16(27-19(22)26)18(24)21-13-5-3-2-4-6-13/h7-10,13H,2-6,11,20H2,1H3,(H,21,24). The van der Waals surface area contributed by atoms with Gasteiger partial charge in [0, 0.05) is 11.7 Å². The molecule has 0 spiro atoms. The fourth-order valence-corrected chi connectivity index (χ4v) is 4.56. The van der Waals surface area contributed by atoms with Crippen LogP contribution in [0.1, 0.15) is 47.3 Å². The molecule has 1 aliphatic carbocycles. The maximum Gasteiger partial charge on any atom is 0.309 e. The molecule has 1 aromatic heterocycles. The number of amides is 1. The monoisotopic (exact) mass is 405 g/mol. The van der Waals surface area contributed by atoms with Crippen molar-refractivity contribution in [2.75, 3.05) is 12.8 Å². The van der Waals surface area contributed by atoms with Crippen molar-refractivity contribution in [2.24, 2.45) is 0 Å². The highest BCUT2D eigenvalue weighted by molar-refractivity contribution is 7.73. The van der Waals surface area contributed by atoms with E-state index in [2.05, 4.69) is 10.1 Å². The van der Waals surface area contributed by atoms with Gasteiger partial charge in [0.2, 0.25) is 0 Å². The molecule has 3 rings (SSSR count). The van der Waals surface area contributed by atoms with Crippen LogP contribution in [0.2, 0.25) is 0 Å². The minimum atomic E-state index is -0.295. The molecule has 1 aliphatic rings. The number of hydrogen-bond acceptors (Lipinski definition) is 6. The molecular formula is C19H23N3O3S2. The van der Waals surface area contributed by atoms with Crippen molar-refractivity contribution in [1.29, 1.82) is 0 Å². The zero-order valence-corrected chi connectivity index (χ0v) is 16.8. The van der Waals surface area contributed by atoms with Crippen LogP contribution in [0.25, 0.3) is 5.69 Å². The van der Waals surface area contributed by atoms with Gasteiger partial charge in [-0.3, -0.25) is 14.2 Å². The predicted molar refractivity (Wildman–Crippen MR) is 109 cm³/mol. The molecule has 1 saturated carbocycles. The topological polar surface area (TPSA) is 86.3 Å². The molecule has 27 heavy (non-hydrogen) atoms. The maximum atomic E-state index is 12.6. The van der Waals surface area contributed by atoms with Crippen LogP contribution in [-0.2, 0) is 16.0 Å². The fraction of sp³-hybridized carbons (Fsp3) is 0.421. The number of nitrogens with two attached hydrogens (primary N) is 1. The number of esters is 1. The average Bonchev–Trinajstić information content (AvgIpc) is 2.97. The number of carbonyl (C=O) groups excluding carboxylic acids is 2. The van der Waals surface area contributed by atoms with E-state index in [-0.39, 0.29) is 24.3 Å². The molecule has 1 aromatic carbocycles. The Balaban J connectivity index is 1.79. The number of hydrogen-bond donors (Lipinski definition) is 2. The molecule has 0 saturated heterocycles. The van der Waals surface area contributed by atoms with Gasteiger partial charge in [0.1, 0.15) is 10.7 Å². The highest BCUT2D eigenvalue weighted by Gasteiger charge is 2.22. The number of nitrogen functional groups attached to an aromatic ring is 1. The van der Waals surface area contributed by atoms with Crippen LogP contribution < -0.4 is 11.1 Å². The lowest BCUT2D eigenvalue weighted by atomic mass is 9.95. The Morgan fingerprint density at radius 2 is 1.93 bits per heavy atom. The summed E-state index contributed by atoms with van der Waals surface area (Å²) >= 11 is 6.65. The molecule has 1 heterocycles. The molecule has 0 radical (unpaired) electrons. The number of carbonyl (C=O) groups is 2. The summed E-state index contributed by atoms with van der Waals surface area (Å²) in [7, 11) is 1.36. The molecule has 144 valence electrons. The van der Waals surface area contributed by atoms with Crippen LogP contribution in [0.15, 0.2) is 24.3 Å². The molecule has 3 N–H and O–H groups in total. The van der Waals surface area contributed by atoms with Crippen molar-refractivity contribution in [3.05, 3.63) is 38.7 Å². The van der Waals surface area contributed by atoms with Crippen LogP contribution in [0.5, 0.6) is 0 Å². The van der Waals surface area contributed by atoms with Crippen LogP contribution in [0, 0.1) is 3.95 Å². The summed E-state index contributed by atoms with van der Waals surface area (Å²) < 4.78 is 6.88. The molecular weight excluding hydrogens is 382 g/mol. The lowest BCUT2D eigenvalue weighted by Crippen LogP contribution is -2.36. The molecule has 0 atom stereocenters. The van der Waals surface area contributed by atoms with E-state index >= 15 is 0 Å². The number of aromatic nitrogens is 1. The van der Waals surface area contributed by atoms with Crippen molar-refractivity contribution < 1.29 is 14.3 Å². The van der Waals surface area contributed by atoms with Crippen molar-refractivity contribution in [2.45, 2.75) is 44.6 Å². The summed E-state index contributed by atoms with van der Waals surface area (Å²) in [5, 5.41) is 3.09. The zero-order chi connectivity index (χ0) is 19.4. The van der Waals surface area contributed by atoms with E-state index in [1.165, 1.54) is 24.9 Å². The third-order valence-electron chi connectivity index (χ3n) is 4.76.